The molecule has 1 N–H and O–H groups in total. The zero-order valence-electron chi connectivity index (χ0n) is 12.7. The Morgan fingerprint density at radius 3 is 2.50 bits per heavy atom. The maximum atomic E-state index is 12.3. The van der Waals surface area contributed by atoms with E-state index in [2.05, 4.69) is 31.2 Å². The van der Waals surface area contributed by atoms with Crippen LogP contribution >= 0.6 is 0 Å². The Hall–Kier alpha value is -2.10. The number of nitrogens with one attached hydrogen (secondary N) is 1. The second-order valence-corrected chi connectivity index (χ2v) is 6.05. The van der Waals surface area contributed by atoms with Crippen molar-refractivity contribution in [1.82, 2.24) is 9.78 Å². The molecule has 1 aromatic carbocycles. The summed E-state index contributed by atoms with van der Waals surface area (Å²) in [7, 11) is 0. The summed E-state index contributed by atoms with van der Waals surface area (Å²) in [5.41, 5.74) is 3.28. The molecular weight excluding hydrogens is 250 g/mol. The van der Waals surface area contributed by atoms with Gasteiger partial charge in [0.15, 0.2) is 0 Å². The third-order valence-electron chi connectivity index (χ3n) is 3.17. The van der Waals surface area contributed by atoms with Crippen LogP contribution in [-0.4, -0.2) is 15.7 Å². The Kier molecular flexibility index (Phi) is 3.66. The van der Waals surface area contributed by atoms with Gasteiger partial charge < -0.3 is 5.32 Å². The van der Waals surface area contributed by atoms with Gasteiger partial charge in [0.2, 0.25) is 0 Å². The average molecular weight is 271 g/mol. The zero-order chi connectivity index (χ0) is 14.9. The number of hydrogen-bond donors (Lipinski definition) is 1. The lowest BCUT2D eigenvalue weighted by Gasteiger charge is -2.21. The van der Waals surface area contributed by atoms with Crippen molar-refractivity contribution in [2.75, 3.05) is 5.32 Å². The van der Waals surface area contributed by atoms with Gasteiger partial charge in [-0.3, -0.25) is 9.48 Å². The predicted molar refractivity (Wildman–Crippen MR) is 81.1 cm³/mol. The molecule has 0 saturated heterocycles. The highest BCUT2D eigenvalue weighted by molar-refractivity contribution is 6.04. The summed E-state index contributed by atoms with van der Waals surface area (Å²) in [5.74, 6) is -0.122. The minimum absolute atomic E-state index is 0.122. The van der Waals surface area contributed by atoms with Crippen molar-refractivity contribution in [1.29, 1.82) is 0 Å². The average Bonchev–Trinajstić information content (AvgIpc) is 2.70. The molecule has 1 aromatic heterocycles. The van der Waals surface area contributed by atoms with Crippen LogP contribution in [0.5, 0.6) is 0 Å². The van der Waals surface area contributed by atoms with Gasteiger partial charge in [0.25, 0.3) is 5.91 Å². The van der Waals surface area contributed by atoms with E-state index in [0.717, 1.165) is 16.9 Å². The fraction of sp³-hybridized carbons (Fsp3) is 0.375. The second-order valence-electron chi connectivity index (χ2n) is 6.05. The fourth-order valence-electron chi connectivity index (χ4n) is 2.23. The van der Waals surface area contributed by atoms with Gasteiger partial charge in [-0.05, 0) is 52.3 Å². The van der Waals surface area contributed by atoms with Gasteiger partial charge in [0, 0.05) is 11.4 Å². The Morgan fingerprint density at radius 2 is 1.95 bits per heavy atom. The van der Waals surface area contributed by atoms with E-state index in [1.165, 1.54) is 0 Å². The smallest absolute Gasteiger partial charge is 0.259 e. The van der Waals surface area contributed by atoms with Crippen LogP contribution in [0.4, 0.5) is 5.69 Å². The van der Waals surface area contributed by atoms with Gasteiger partial charge in [0.1, 0.15) is 0 Å². The molecule has 0 atom stereocenters. The van der Waals surface area contributed by atoms with Crippen LogP contribution in [0.2, 0.25) is 0 Å². The molecule has 2 rings (SSSR count). The number of aryl methyl sites for hydroxylation is 1. The van der Waals surface area contributed by atoms with E-state index in [1.807, 2.05) is 42.8 Å². The maximum absolute atomic E-state index is 12.3. The van der Waals surface area contributed by atoms with E-state index in [0.29, 0.717) is 5.56 Å². The standard InChI is InChI=1S/C16H21N3O/c1-11-7-6-8-13(9-11)18-15(20)14-10-17-19(12(14)2)16(3,4)5/h6-10H,1-5H3,(H,18,20). The summed E-state index contributed by atoms with van der Waals surface area (Å²) >= 11 is 0. The Morgan fingerprint density at radius 1 is 1.25 bits per heavy atom. The highest BCUT2D eigenvalue weighted by Crippen LogP contribution is 2.19. The summed E-state index contributed by atoms with van der Waals surface area (Å²) in [5, 5.41) is 7.24. The summed E-state index contributed by atoms with van der Waals surface area (Å²) < 4.78 is 1.87. The van der Waals surface area contributed by atoms with Crippen molar-refractivity contribution in [3.05, 3.63) is 47.3 Å². The van der Waals surface area contributed by atoms with Crippen molar-refractivity contribution in [3.8, 4) is 0 Å². The lowest BCUT2D eigenvalue weighted by Crippen LogP contribution is -2.25. The Bertz CT molecular complexity index is 635. The highest BCUT2D eigenvalue weighted by atomic mass is 16.1. The van der Waals surface area contributed by atoms with Crippen molar-refractivity contribution < 1.29 is 4.79 Å². The number of hydrogen-bond acceptors (Lipinski definition) is 2. The molecule has 0 aliphatic heterocycles. The molecule has 4 nitrogen and oxygen atoms in total. The number of anilines is 1. The molecule has 2 aromatic rings. The quantitative estimate of drug-likeness (QED) is 0.908. The number of nitrogens with zero attached hydrogens (tertiary/aromatic N) is 2. The molecule has 20 heavy (non-hydrogen) atoms. The number of benzene rings is 1. The zero-order valence-corrected chi connectivity index (χ0v) is 12.7. The molecule has 0 spiro atoms. The number of carbonyl (C=O) groups is 1. The molecule has 0 radical (unpaired) electrons. The van der Waals surface area contributed by atoms with Crippen LogP contribution in [0.3, 0.4) is 0 Å². The Balaban J connectivity index is 2.25. The third-order valence-corrected chi connectivity index (χ3v) is 3.17. The molecule has 0 aliphatic carbocycles. The molecule has 0 aliphatic rings. The van der Waals surface area contributed by atoms with E-state index in [-0.39, 0.29) is 11.4 Å². The van der Waals surface area contributed by atoms with Crippen LogP contribution in [0.15, 0.2) is 30.5 Å². The van der Waals surface area contributed by atoms with Crippen molar-refractivity contribution >= 4 is 11.6 Å². The van der Waals surface area contributed by atoms with Gasteiger partial charge in [-0.15, -0.1) is 0 Å². The molecule has 0 bridgehead atoms. The molecule has 106 valence electrons. The monoisotopic (exact) mass is 271 g/mol. The third kappa shape index (κ3) is 2.90. The van der Waals surface area contributed by atoms with Gasteiger partial charge in [-0.25, -0.2) is 0 Å². The Labute approximate surface area is 119 Å². The van der Waals surface area contributed by atoms with E-state index in [1.54, 1.807) is 6.20 Å². The fourth-order valence-corrected chi connectivity index (χ4v) is 2.23. The number of rotatable bonds is 2. The van der Waals surface area contributed by atoms with E-state index >= 15 is 0 Å². The first-order valence-corrected chi connectivity index (χ1v) is 6.72. The SMILES string of the molecule is Cc1cccc(NC(=O)c2cnn(C(C)(C)C)c2C)c1. The van der Waals surface area contributed by atoms with E-state index in [9.17, 15) is 4.79 Å². The lowest BCUT2D eigenvalue weighted by molar-refractivity contribution is 0.102. The van der Waals surface area contributed by atoms with Crippen LogP contribution in [0.1, 0.15) is 42.4 Å². The minimum Gasteiger partial charge on any atom is -0.322 e. The summed E-state index contributed by atoms with van der Waals surface area (Å²) in [6.07, 6.45) is 1.63. The van der Waals surface area contributed by atoms with Crippen LogP contribution in [0.25, 0.3) is 0 Å². The minimum atomic E-state index is -0.133. The number of amides is 1. The van der Waals surface area contributed by atoms with Crippen molar-refractivity contribution in [2.45, 2.75) is 40.2 Å². The van der Waals surface area contributed by atoms with Gasteiger partial charge in [0.05, 0.1) is 17.3 Å². The molecule has 4 heteroatoms. The van der Waals surface area contributed by atoms with Gasteiger partial charge in [-0.2, -0.15) is 5.10 Å². The maximum Gasteiger partial charge on any atom is 0.259 e. The first-order valence-electron chi connectivity index (χ1n) is 6.72. The van der Waals surface area contributed by atoms with Crippen LogP contribution < -0.4 is 5.32 Å². The molecule has 0 fully saturated rings. The van der Waals surface area contributed by atoms with Crippen LogP contribution in [-0.2, 0) is 5.54 Å². The largest absolute Gasteiger partial charge is 0.322 e. The van der Waals surface area contributed by atoms with E-state index < -0.39 is 0 Å². The number of carbonyl (C=O) groups excluding carboxylic acids is 1. The van der Waals surface area contributed by atoms with Crippen molar-refractivity contribution in [3.63, 3.8) is 0 Å². The van der Waals surface area contributed by atoms with Gasteiger partial charge >= 0.3 is 0 Å². The first-order chi connectivity index (χ1) is 9.29. The summed E-state index contributed by atoms with van der Waals surface area (Å²) in [6.45, 7) is 10.1. The van der Waals surface area contributed by atoms with Crippen LogP contribution in [0, 0.1) is 13.8 Å². The molecule has 0 unspecified atom stereocenters. The molecule has 0 saturated carbocycles. The topological polar surface area (TPSA) is 46.9 Å². The highest BCUT2D eigenvalue weighted by Gasteiger charge is 2.21. The first kappa shape index (κ1) is 14.3. The molecule has 1 heterocycles. The summed E-state index contributed by atoms with van der Waals surface area (Å²) in [4.78, 5) is 12.3. The lowest BCUT2D eigenvalue weighted by atomic mass is 10.1. The number of aromatic nitrogens is 2. The normalized spacial score (nSPS) is 11.4. The molecule has 1 amide bonds. The van der Waals surface area contributed by atoms with Gasteiger partial charge in [-0.1, -0.05) is 12.1 Å². The predicted octanol–water partition coefficient (Wildman–Crippen LogP) is 3.51. The van der Waals surface area contributed by atoms with E-state index in [4.69, 9.17) is 0 Å². The summed E-state index contributed by atoms with van der Waals surface area (Å²) in [6, 6.07) is 7.75. The van der Waals surface area contributed by atoms with Crippen molar-refractivity contribution in [2.24, 2.45) is 0 Å². The molecular formula is C16H21N3O. The second kappa shape index (κ2) is 5.12.